The van der Waals surface area contributed by atoms with E-state index in [1.807, 2.05) is 4.90 Å². The first-order valence-electron chi connectivity index (χ1n) is 9.95. The van der Waals surface area contributed by atoms with Crippen molar-refractivity contribution in [2.75, 3.05) is 13.1 Å². The van der Waals surface area contributed by atoms with Crippen LogP contribution in [-0.4, -0.2) is 35.8 Å². The van der Waals surface area contributed by atoms with Gasteiger partial charge in [-0.15, -0.1) is 0 Å². The zero-order chi connectivity index (χ0) is 17.3. The van der Waals surface area contributed by atoms with Crippen LogP contribution in [0, 0.1) is 23.2 Å². The van der Waals surface area contributed by atoms with Crippen molar-refractivity contribution in [3.63, 3.8) is 0 Å². The Hall–Kier alpha value is -1.06. The highest BCUT2D eigenvalue weighted by molar-refractivity contribution is 5.82. The van der Waals surface area contributed by atoms with E-state index in [-0.39, 0.29) is 17.2 Å². The van der Waals surface area contributed by atoms with Crippen molar-refractivity contribution in [3.05, 3.63) is 0 Å². The highest BCUT2D eigenvalue weighted by atomic mass is 16.2. The molecule has 0 spiro atoms. The lowest BCUT2D eigenvalue weighted by atomic mass is 9.69. The number of amides is 2. The Morgan fingerprint density at radius 1 is 0.875 bits per heavy atom. The molecular weight excluding hydrogens is 300 g/mol. The molecule has 3 aliphatic rings. The third-order valence-electron chi connectivity index (χ3n) is 6.31. The molecular formula is C20H34N2O2. The van der Waals surface area contributed by atoms with Crippen LogP contribution in [0.2, 0.25) is 0 Å². The minimum absolute atomic E-state index is 0.0933. The summed E-state index contributed by atoms with van der Waals surface area (Å²) in [4.78, 5) is 26.9. The van der Waals surface area contributed by atoms with Gasteiger partial charge in [-0.05, 0) is 49.9 Å². The summed E-state index contributed by atoms with van der Waals surface area (Å²) in [7, 11) is 0. The Morgan fingerprint density at radius 3 is 2.08 bits per heavy atom. The predicted molar refractivity (Wildman–Crippen MR) is 95.4 cm³/mol. The second-order valence-electron chi connectivity index (χ2n) is 9.25. The first-order chi connectivity index (χ1) is 11.4. The molecule has 1 aliphatic heterocycles. The van der Waals surface area contributed by atoms with Crippen LogP contribution < -0.4 is 5.32 Å². The summed E-state index contributed by atoms with van der Waals surface area (Å²) in [6, 6.07) is 0.331. The molecule has 136 valence electrons. The summed E-state index contributed by atoms with van der Waals surface area (Å²) in [6.45, 7) is 8.42. The van der Waals surface area contributed by atoms with Gasteiger partial charge in [-0.25, -0.2) is 0 Å². The van der Waals surface area contributed by atoms with Crippen LogP contribution in [0.4, 0.5) is 0 Å². The van der Waals surface area contributed by atoms with Crippen LogP contribution in [-0.2, 0) is 9.59 Å². The number of nitrogens with one attached hydrogen (secondary N) is 1. The number of piperidine rings is 1. The standard InChI is InChI=1S/C20H34N2O2/c1-20(2,3)16-6-4-5-7-17(16)21-18(23)14-10-12-22(13-11-14)19(24)15-8-9-15/h14-17H,4-13H2,1-3H3,(H,21,23). The number of carbonyl (C=O) groups is 2. The van der Waals surface area contributed by atoms with E-state index in [1.165, 1.54) is 19.3 Å². The SMILES string of the molecule is CC(C)(C)C1CCCCC1NC(=O)C1CCN(C(=O)C2CC2)CC1. The minimum atomic E-state index is 0.0933. The van der Waals surface area contributed by atoms with Gasteiger partial charge >= 0.3 is 0 Å². The topological polar surface area (TPSA) is 49.4 Å². The van der Waals surface area contributed by atoms with Gasteiger partial charge in [0.2, 0.25) is 11.8 Å². The van der Waals surface area contributed by atoms with Crippen molar-refractivity contribution in [2.24, 2.45) is 23.2 Å². The van der Waals surface area contributed by atoms with E-state index in [2.05, 4.69) is 26.1 Å². The fourth-order valence-corrected chi connectivity index (χ4v) is 4.59. The molecule has 2 amide bonds. The van der Waals surface area contributed by atoms with Crippen LogP contribution in [0.1, 0.15) is 72.1 Å². The van der Waals surface area contributed by atoms with E-state index >= 15 is 0 Å². The van der Waals surface area contributed by atoms with Crippen LogP contribution in [0.25, 0.3) is 0 Å². The van der Waals surface area contributed by atoms with Gasteiger partial charge in [0.1, 0.15) is 0 Å². The van der Waals surface area contributed by atoms with Crippen molar-refractivity contribution in [3.8, 4) is 0 Å². The molecule has 4 heteroatoms. The van der Waals surface area contributed by atoms with E-state index < -0.39 is 0 Å². The van der Waals surface area contributed by atoms with E-state index in [0.717, 1.165) is 45.2 Å². The zero-order valence-corrected chi connectivity index (χ0v) is 15.6. The second-order valence-corrected chi connectivity index (χ2v) is 9.25. The first kappa shape index (κ1) is 17.8. The Labute approximate surface area is 146 Å². The fraction of sp³-hybridized carbons (Fsp3) is 0.900. The number of hydrogen-bond donors (Lipinski definition) is 1. The minimum Gasteiger partial charge on any atom is -0.353 e. The van der Waals surface area contributed by atoms with Crippen molar-refractivity contribution in [1.82, 2.24) is 10.2 Å². The zero-order valence-electron chi connectivity index (χ0n) is 15.6. The monoisotopic (exact) mass is 334 g/mol. The highest BCUT2D eigenvalue weighted by Crippen LogP contribution is 2.38. The van der Waals surface area contributed by atoms with E-state index in [9.17, 15) is 9.59 Å². The molecule has 1 heterocycles. The maximum atomic E-state index is 12.7. The average molecular weight is 335 g/mol. The molecule has 0 bridgehead atoms. The molecule has 4 nitrogen and oxygen atoms in total. The molecule has 3 rings (SSSR count). The molecule has 0 radical (unpaired) electrons. The van der Waals surface area contributed by atoms with Crippen molar-refractivity contribution >= 4 is 11.8 Å². The maximum absolute atomic E-state index is 12.7. The smallest absolute Gasteiger partial charge is 0.225 e. The van der Waals surface area contributed by atoms with Gasteiger partial charge in [-0.3, -0.25) is 9.59 Å². The summed E-state index contributed by atoms with van der Waals surface area (Å²) >= 11 is 0. The van der Waals surface area contributed by atoms with E-state index in [1.54, 1.807) is 0 Å². The average Bonchev–Trinajstić information content (AvgIpc) is 3.39. The number of carbonyl (C=O) groups excluding carboxylic acids is 2. The Kier molecular flexibility index (Phi) is 5.22. The number of hydrogen-bond acceptors (Lipinski definition) is 2. The maximum Gasteiger partial charge on any atom is 0.225 e. The third-order valence-corrected chi connectivity index (χ3v) is 6.31. The Bertz CT molecular complexity index is 471. The molecule has 0 aromatic rings. The summed E-state index contributed by atoms with van der Waals surface area (Å²) < 4.78 is 0. The van der Waals surface area contributed by atoms with Crippen molar-refractivity contribution in [2.45, 2.75) is 78.2 Å². The Morgan fingerprint density at radius 2 is 1.50 bits per heavy atom. The van der Waals surface area contributed by atoms with Gasteiger partial charge in [-0.1, -0.05) is 33.6 Å². The van der Waals surface area contributed by atoms with Crippen molar-refractivity contribution in [1.29, 1.82) is 0 Å². The van der Waals surface area contributed by atoms with E-state index in [4.69, 9.17) is 0 Å². The molecule has 3 fully saturated rings. The molecule has 0 aromatic heterocycles. The van der Waals surface area contributed by atoms with Crippen molar-refractivity contribution < 1.29 is 9.59 Å². The van der Waals surface area contributed by atoms with Gasteiger partial charge < -0.3 is 10.2 Å². The van der Waals surface area contributed by atoms with Gasteiger partial charge in [0.15, 0.2) is 0 Å². The number of rotatable bonds is 3. The normalized spacial score (nSPS) is 29.4. The second kappa shape index (κ2) is 7.05. The fourth-order valence-electron chi connectivity index (χ4n) is 4.59. The molecule has 2 saturated carbocycles. The lowest BCUT2D eigenvalue weighted by Gasteiger charge is -2.41. The number of likely N-dealkylation sites (tertiary alicyclic amines) is 1. The lowest BCUT2D eigenvalue weighted by molar-refractivity contribution is -0.137. The predicted octanol–water partition coefficient (Wildman–Crippen LogP) is 3.36. The van der Waals surface area contributed by atoms with Crippen LogP contribution in [0.3, 0.4) is 0 Å². The quantitative estimate of drug-likeness (QED) is 0.860. The molecule has 0 aromatic carbocycles. The van der Waals surface area contributed by atoms with Crippen LogP contribution >= 0.6 is 0 Å². The molecule has 2 aliphatic carbocycles. The Balaban J connectivity index is 1.50. The molecule has 2 unspecified atom stereocenters. The molecule has 1 N–H and O–H groups in total. The highest BCUT2D eigenvalue weighted by Gasteiger charge is 2.38. The van der Waals surface area contributed by atoms with Gasteiger partial charge in [0, 0.05) is 31.0 Å². The van der Waals surface area contributed by atoms with Crippen LogP contribution in [0.15, 0.2) is 0 Å². The summed E-state index contributed by atoms with van der Waals surface area (Å²) in [6.07, 6.45) is 8.65. The molecule has 24 heavy (non-hydrogen) atoms. The lowest BCUT2D eigenvalue weighted by Crippen LogP contribution is -2.50. The van der Waals surface area contributed by atoms with Gasteiger partial charge in [0.05, 0.1) is 0 Å². The third kappa shape index (κ3) is 4.12. The van der Waals surface area contributed by atoms with Crippen LogP contribution in [0.5, 0.6) is 0 Å². The molecule has 2 atom stereocenters. The van der Waals surface area contributed by atoms with E-state index in [0.29, 0.717) is 23.8 Å². The summed E-state index contributed by atoms with van der Waals surface area (Å²) in [5.74, 6) is 1.52. The number of nitrogens with zero attached hydrogens (tertiary/aromatic N) is 1. The van der Waals surface area contributed by atoms with Gasteiger partial charge in [-0.2, -0.15) is 0 Å². The largest absolute Gasteiger partial charge is 0.353 e. The summed E-state index contributed by atoms with van der Waals surface area (Å²) in [5.41, 5.74) is 0.248. The summed E-state index contributed by atoms with van der Waals surface area (Å²) in [5, 5.41) is 3.38. The molecule has 1 saturated heterocycles. The first-order valence-corrected chi connectivity index (χ1v) is 9.95. The van der Waals surface area contributed by atoms with Gasteiger partial charge in [0.25, 0.3) is 0 Å².